The van der Waals surface area contributed by atoms with Crippen LogP contribution in [0.2, 0.25) is 0 Å². The van der Waals surface area contributed by atoms with Crippen molar-refractivity contribution in [2.75, 3.05) is 12.0 Å². The fourth-order valence-corrected chi connectivity index (χ4v) is 2.51. The van der Waals surface area contributed by atoms with Gasteiger partial charge in [-0.2, -0.15) is 5.26 Å². The quantitative estimate of drug-likeness (QED) is 0.574. The van der Waals surface area contributed by atoms with Crippen LogP contribution in [0.3, 0.4) is 0 Å². The Kier molecular flexibility index (Phi) is 3.05. The van der Waals surface area contributed by atoms with Crippen molar-refractivity contribution in [3.8, 4) is 17.5 Å². The van der Waals surface area contributed by atoms with Gasteiger partial charge in [0.15, 0.2) is 5.76 Å². The fraction of sp³-hybridized carbons (Fsp3) is 0.0714. The number of nitrogen functional groups attached to an aromatic ring is 1. The van der Waals surface area contributed by atoms with Gasteiger partial charge in [-0.15, -0.1) is 11.8 Å². The molecule has 2 heterocycles. The highest BCUT2D eigenvalue weighted by Gasteiger charge is 2.17. The van der Waals surface area contributed by atoms with Crippen LogP contribution < -0.4 is 5.73 Å². The maximum atomic E-state index is 9.33. The number of anilines is 1. The third-order valence-electron chi connectivity index (χ3n) is 2.86. The zero-order chi connectivity index (χ0) is 14.1. The smallest absolute Gasteiger partial charge is 0.221 e. The van der Waals surface area contributed by atoms with Crippen molar-refractivity contribution in [1.29, 1.82) is 5.26 Å². The van der Waals surface area contributed by atoms with E-state index in [9.17, 15) is 5.26 Å². The number of nitrogens with two attached hydrogens (primary N) is 1. The lowest BCUT2D eigenvalue weighted by atomic mass is 10.2. The van der Waals surface area contributed by atoms with E-state index in [-0.39, 0.29) is 5.95 Å². The first-order valence-corrected chi connectivity index (χ1v) is 7.06. The molecule has 98 valence electrons. The largest absolute Gasteiger partial charge is 0.454 e. The lowest BCUT2D eigenvalue weighted by Crippen LogP contribution is -2.01. The molecule has 6 heteroatoms. The van der Waals surface area contributed by atoms with Crippen LogP contribution in [0.5, 0.6) is 0 Å². The third-order valence-corrected chi connectivity index (χ3v) is 3.54. The Balaban J connectivity index is 2.28. The number of benzene rings is 1. The van der Waals surface area contributed by atoms with Gasteiger partial charge in [-0.3, -0.25) is 0 Å². The number of aromatic nitrogens is 2. The minimum Gasteiger partial charge on any atom is -0.454 e. The Hall–Kier alpha value is -2.52. The minimum atomic E-state index is 0.129. The number of para-hydroxylation sites is 1. The number of nitrogens with zero attached hydrogens (tertiary/aromatic N) is 3. The van der Waals surface area contributed by atoms with Crippen LogP contribution in [0.1, 0.15) is 5.56 Å². The molecule has 0 saturated carbocycles. The van der Waals surface area contributed by atoms with Crippen molar-refractivity contribution in [2.45, 2.75) is 5.03 Å². The van der Waals surface area contributed by atoms with Crippen molar-refractivity contribution in [1.82, 2.24) is 9.97 Å². The highest BCUT2D eigenvalue weighted by molar-refractivity contribution is 7.98. The molecule has 0 aliphatic carbocycles. The fourth-order valence-electron chi connectivity index (χ4n) is 1.98. The third kappa shape index (κ3) is 1.98. The molecule has 0 amide bonds. The Labute approximate surface area is 119 Å². The Morgan fingerprint density at radius 3 is 2.80 bits per heavy atom. The Bertz CT molecular complexity index is 802. The van der Waals surface area contributed by atoms with E-state index in [4.69, 9.17) is 10.2 Å². The Morgan fingerprint density at radius 1 is 1.30 bits per heavy atom. The van der Waals surface area contributed by atoms with Crippen molar-refractivity contribution in [3.05, 3.63) is 35.9 Å². The highest BCUT2D eigenvalue weighted by Crippen LogP contribution is 2.32. The number of fused-ring (bicyclic) bond motifs is 1. The second kappa shape index (κ2) is 4.87. The summed E-state index contributed by atoms with van der Waals surface area (Å²) in [6.45, 7) is 0. The van der Waals surface area contributed by atoms with Crippen LogP contribution in [-0.2, 0) is 0 Å². The van der Waals surface area contributed by atoms with E-state index in [1.54, 1.807) is 0 Å². The Morgan fingerprint density at radius 2 is 2.10 bits per heavy atom. The van der Waals surface area contributed by atoms with Gasteiger partial charge in [0, 0.05) is 5.39 Å². The summed E-state index contributed by atoms with van der Waals surface area (Å²) in [6, 6.07) is 11.6. The van der Waals surface area contributed by atoms with E-state index in [0.29, 0.717) is 22.0 Å². The SMILES string of the molecule is CSc1nc(N)nc(-c2cc3ccccc3o2)c1C#N. The summed E-state index contributed by atoms with van der Waals surface area (Å²) in [6.07, 6.45) is 1.84. The second-order valence-corrected chi connectivity index (χ2v) is 4.87. The second-order valence-electron chi connectivity index (χ2n) is 4.07. The summed E-state index contributed by atoms with van der Waals surface area (Å²) in [5.74, 6) is 0.649. The van der Waals surface area contributed by atoms with Crippen molar-refractivity contribution in [2.24, 2.45) is 0 Å². The van der Waals surface area contributed by atoms with Gasteiger partial charge in [-0.05, 0) is 18.4 Å². The minimum absolute atomic E-state index is 0.129. The molecule has 0 fully saturated rings. The van der Waals surface area contributed by atoms with E-state index in [0.717, 1.165) is 11.0 Å². The molecular formula is C14H10N4OS. The normalized spacial score (nSPS) is 10.6. The topological polar surface area (TPSA) is 88.7 Å². The molecule has 0 unspecified atom stereocenters. The first-order chi connectivity index (χ1) is 9.72. The van der Waals surface area contributed by atoms with Gasteiger partial charge in [-0.25, -0.2) is 9.97 Å². The van der Waals surface area contributed by atoms with Gasteiger partial charge in [-0.1, -0.05) is 18.2 Å². The van der Waals surface area contributed by atoms with E-state index in [2.05, 4.69) is 16.0 Å². The number of thioether (sulfide) groups is 1. The van der Waals surface area contributed by atoms with Crippen LogP contribution in [0.25, 0.3) is 22.4 Å². The summed E-state index contributed by atoms with van der Waals surface area (Å²) >= 11 is 1.35. The molecule has 3 rings (SSSR count). The van der Waals surface area contributed by atoms with E-state index in [1.165, 1.54) is 11.8 Å². The molecule has 1 aromatic carbocycles. The van der Waals surface area contributed by atoms with E-state index in [1.807, 2.05) is 36.6 Å². The van der Waals surface area contributed by atoms with Crippen LogP contribution >= 0.6 is 11.8 Å². The summed E-state index contributed by atoms with van der Waals surface area (Å²) in [4.78, 5) is 8.22. The van der Waals surface area contributed by atoms with E-state index >= 15 is 0 Å². The molecule has 0 bridgehead atoms. The number of rotatable bonds is 2. The molecule has 0 radical (unpaired) electrons. The van der Waals surface area contributed by atoms with Gasteiger partial charge in [0.25, 0.3) is 0 Å². The van der Waals surface area contributed by atoms with Crippen LogP contribution in [0.4, 0.5) is 5.95 Å². The molecule has 20 heavy (non-hydrogen) atoms. The van der Waals surface area contributed by atoms with Crippen LogP contribution in [-0.4, -0.2) is 16.2 Å². The molecule has 2 N–H and O–H groups in total. The standard InChI is InChI=1S/C14H10N4OS/c1-20-13-9(7-15)12(17-14(16)18-13)11-6-8-4-2-3-5-10(8)19-11/h2-6H,1H3,(H2,16,17,18). The van der Waals surface area contributed by atoms with Crippen molar-refractivity contribution < 1.29 is 4.42 Å². The predicted octanol–water partition coefficient (Wildman–Crippen LogP) is 3.07. The van der Waals surface area contributed by atoms with Gasteiger partial charge in [0.05, 0.1) is 0 Å². The average molecular weight is 282 g/mol. The summed E-state index contributed by atoms with van der Waals surface area (Å²) < 4.78 is 5.74. The van der Waals surface area contributed by atoms with Gasteiger partial charge in [0.1, 0.15) is 27.9 Å². The number of furan rings is 1. The summed E-state index contributed by atoms with van der Waals surface area (Å²) in [5, 5.41) is 10.8. The zero-order valence-electron chi connectivity index (χ0n) is 10.6. The summed E-state index contributed by atoms with van der Waals surface area (Å²) in [5.41, 5.74) is 7.26. The lowest BCUT2D eigenvalue weighted by Gasteiger charge is -2.04. The molecule has 0 saturated heterocycles. The number of hydrogen-bond acceptors (Lipinski definition) is 6. The van der Waals surface area contributed by atoms with Crippen LogP contribution in [0, 0.1) is 11.3 Å². The maximum absolute atomic E-state index is 9.33. The molecule has 2 aromatic heterocycles. The van der Waals surface area contributed by atoms with Gasteiger partial charge >= 0.3 is 0 Å². The molecule has 0 atom stereocenters. The average Bonchev–Trinajstić information content (AvgIpc) is 2.90. The van der Waals surface area contributed by atoms with Crippen LogP contribution in [0.15, 0.2) is 39.8 Å². The monoisotopic (exact) mass is 282 g/mol. The molecular weight excluding hydrogens is 272 g/mol. The van der Waals surface area contributed by atoms with Crippen molar-refractivity contribution >= 4 is 28.7 Å². The first kappa shape index (κ1) is 12.5. The lowest BCUT2D eigenvalue weighted by molar-refractivity contribution is 0.627. The van der Waals surface area contributed by atoms with Crippen molar-refractivity contribution in [3.63, 3.8) is 0 Å². The molecule has 3 aromatic rings. The molecule has 0 aliphatic heterocycles. The van der Waals surface area contributed by atoms with Gasteiger partial charge < -0.3 is 10.2 Å². The summed E-state index contributed by atoms with van der Waals surface area (Å²) in [7, 11) is 0. The molecule has 5 nitrogen and oxygen atoms in total. The van der Waals surface area contributed by atoms with Gasteiger partial charge in [0.2, 0.25) is 5.95 Å². The maximum Gasteiger partial charge on any atom is 0.221 e. The number of nitriles is 1. The highest BCUT2D eigenvalue weighted by atomic mass is 32.2. The molecule has 0 spiro atoms. The first-order valence-electron chi connectivity index (χ1n) is 5.83. The van der Waals surface area contributed by atoms with E-state index < -0.39 is 0 Å². The molecule has 0 aliphatic rings. The predicted molar refractivity (Wildman–Crippen MR) is 78.1 cm³/mol. The number of hydrogen-bond donors (Lipinski definition) is 1. The zero-order valence-corrected chi connectivity index (χ0v) is 11.4.